The predicted molar refractivity (Wildman–Crippen MR) is 71.5 cm³/mol. The van der Waals surface area contributed by atoms with E-state index >= 15 is 0 Å². The van der Waals surface area contributed by atoms with Crippen LogP contribution in [0.4, 0.5) is 0 Å². The first-order chi connectivity index (χ1) is 9.18. The number of ether oxygens (including phenoxy) is 1. The number of benzene rings is 1. The number of carbonyl (C=O) groups excluding carboxylic acids is 2. The highest BCUT2D eigenvalue weighted by atomic mass is 16.5. The number of hydrogen-bond donors (Lipinski definition) is 0. The Morgan fingerprint density at radius 3 is 2.47 bits per heavy atom. The van der Waals surface area contributed by atoms with Gasteiger partial charge in [0.15, 0.2) is 11.6 Å². The molecule has 19 heavy (non-hydrogen) atoms. The van der Waals surface area contributed by atoms with E-state index in [-0.39, 0.29) is 11.6 Å². The van der Waals surface area contributed by atoms with E-state index in [0.717, 1.165) is 29.7 Å². The largest absolute Gasteiger partial charge is 0.497 e. The van der Waals surface area contributed by atoms with Crippen LogP contribution in [0.3, 0.4) is 0 Å². The minimum atomic E-state index is -0.861. The molecule has 3 heteroatoms. The molecular formula is C16H18O3. The van der Waals surface area contributed by atoms with Crippen molar-refractivity contribution in [2.75, 3.05) is 7.11 Å². The molecule has 0 atom stereocenters. The van der Waals surface area contributed by atoms with Gasteiger partial charge in [-0.1, -0.05) is 6.07 Å². The maximum atomic E-state index is 12.5. The van der Waals surface area contributed by atoms with Crippen LogP contribution in [0, 0.1) is 0 Å². The summed E-state index contributed by atoms with van der Waals surface area (Å²) in [4.78, 5) is 25.0. The van der Waals surface area contributed by atoms with E-state index < -0.39 is 5.41 Å². The second-order valence-electron chi connectivity index (χ2n) is 5.48. The summed E-state index contributed by atoms with van der Waals surface area (Å²) in [5.74, 6) is 0.946. The first-order valence-corrected chi connectivity index (χ1v) is 6.92. The lowest BCUT2D eigenvalue weighted by Crippen LogP contribution is -2.48. The fourth-order valence-electron chi connectivity index (χ4n) is 3.55. The Hall–Kier alpha value is -1.64. The Morgan fingerprint density at radius 2 is 1.79 bits per heavy atom. The molecule has 1 aromatic rings. The molecule has 0 radical (unpaired) electrons. The summed E-state index contributed by atoms with van der Waals surface area (Å²) < 4.78 is 5.26. The molecule has 0 aromatic heterocycles. The minimum absolute atomic E-state index is 0.109. The molecule has 0 aliphatic heterocycles. The Bertz CT molecular complexity index is 529. The standard InChI is InChI=1S/C16H18O3/c1-19-12-8-7-11-4-3-9-16(13(11)10-12)14(17)5-2-6-15(16)18/h7-8,10H,2-6,9H2,1H3. The van der Waals surface area contributed by atoms with E-state index in [1.165, 1.54) is 0 Å². The lowest BCUT2D eigenvalue weighted by atomic mass is 9.61. The second kappa shape index (κ2) is 4.48. The minimum Gasteiger partial charge on any atom is -0.497 e. The molecule has 3 nitrogen and oxygen atoms in total. The Labute approximate surface area is 113 Å². The van der Waals surface area contributed by atoms with Crippen LogP contribution in [0.15, 0.2) is 18.2 Å². The Kier molecular flexibility index (Phi) is 2.92. The van der Waals surface area contributed by atoms with Crippen molar-refractivity contribution in [3.8, 4) is 5.75 Å². The fraction of sp³-hybridized carbons (Fsp3) is 0.500. The molecule has 0 bridgehead atoms. The van der Waals surface area contributed by atoms with E-state index in [9.17, 15) is 9.59 Å². The molecule has 0 heterocycles. The van der Waals surface area contributed by atoms with Gasteiger partial charge in [0, 0.05) is 12.8 Å². The van der Waals surface area contributed by atoms with Crippen LogP contribution >= 0.6 is 0 Å². The fourth-order valence-corrected chi connectivity index (χ4v) is 3.55. The average molecular weight is 258 g/mol. The molecule has 0 amide bonds. The molecule has 100 valence electrons. The van der Waals surface area contributed by atoms with Crippen molar-refractivity contribution in [2.45, 2.75) is 43.9 Å². The first kappa shape index (κ1) is 12.4. The zero-order chi connectivity index (χ0) is 13.5. The van der Waals surface area contributed by atoms with Crippen molar-refractivity contribution in [2.24, 2.45) is 0 Å². The van der Waals surface area contributed by atoms with Crippen molar-refractivity contribution >= 4 is 11.6 Å². The van der Waals surface area contributed by atoms with Gasteiger partial charge in [0.2, 0.25) is 0 Å². The third-order valence-electron chi connectivity index (χ3n) is 4.53. The zero-order valence-corrected chi connectivity index (χ0v) is 11.2. The van der Waals surface area contributed by atoms with Crippen LogP contribution in [-0.2, 0) is 21.4 Å². The molecule has 3 rings (SSSR count). The number of carbonyl (C=O) groups is 2. The summed E-state index contributed by atoms with van der Waals surface area (Å²) in [5.41, 5.74) is 1.18. The first-order valence-electron chi connectivity index (χ1n) is 6.92. The molecule has 1 fully saturated rings. The molecule has 2 aliphatic rings. The van der Waals surface area contributed by atoms with Crippen molar-refractivity contribution in [3.63, 3.8) is 0 Å². The second-order valence-corrected chi connectivity index (χ2v) is 5.48. The molecule has 0 N–H and O–H groups in total. The summed E-state index contributed by atoms with van der Waals surface area (Å²) >= 11 is 0. The third kappa shape index (κ3) is 1.71. The van der Waals surface area contributed by atoms with Gasteiger partial charge in [0.1, 0.15) is 11.2 Å². The molecule has 0 saturated heterocycles. The number of hydrogen-bond acceptors (Lipinski definition) is 3. The van der Waals surface area contributed by atoms with Crippen LogP contribution in [0.25, 0.3) is 0 Å². The lowest BCUT2D eigenvalue weighted by molar-refractivity contribution is -0.138. The summed E-state index contributed by atoms with van der Waals surface area (Å²) in [7, 11) is 1.61. The summed E-state index contributed by atoms with van der Waals surface area (Å²) in [5, 5.41) is 0. The highest BCUT2D eigenvalue weighted by Crippen LogP contribution is 2.44. The van der Waals surface area contributed by atoms with E-state index in [0.29, 0.717) is 25.7 Å². The van der Waals surface area contributed by atoms with Gasteiger partial charge >= 0.3 is 0 Å². The normalized spacial score (nSPS) is 21.3. The van der Waals surface area contributed by atoms with Gasteiger partial charge in [-0.05, 0) is 48.9 Å². The number of rotatable bonds is 1. The molecule has 1 saturated carbocycles. The molecule has 1 spiro atoms. The van der Waals surface area contributed by atoms with Crippen LogP contribution in [0.5, 0.6) is 5.75 Å². The third-order valence-corrected chi connectivity index (χ3v) is 4.53. The number of aryl methyl sites for hydroxylation is 1. The zero-order valence-electron chi connectivity index (χ0n) is 11.2. The van der Waals surface area contributed by atoms with Gasteiger partial charge in [0.25, 0.3) is 0 Å². The highest BCUT2D eigenvalue weighted by molar-refractivity contribution is 6.14. The van der Waals surface area contributed by atoms with E-state index in [1.54, 1.807) is 7.11 Å². The van der Waals surface area contributed by atoms with Crippen LogP contribution < -0.4 is 4.74 Å². The van der Waals surface area contributed by atoms with E-state index in [1.807, 2.05) is 18.2 Å². The van der Waals surface area contributed by atoms with Gasteiger partial charge in [-0.2, -0.15) is 0 Å². The molecular weight excluding hydrogens is 240 g/mol. The summed E-state index contributed by atoms with van der Waals surface area (Å²) in [6, 6.07) is 5.81. The predicted octanol–water partition coefficient (Wildman–Crippen LogP) is 2.59. The Balaban J connectivity index is 2.19. The maximum Gasteiger partial charge on any atom is 0.150 e. The van der Waals surface area contributed by atoms with Crippen molar-refractivity contribution in [1.82, 2.24) is 0 Å². The lowest BCUT2D eigenvalue weighted by Gasteiger charge is -2.39. The van der Waals surface area contributed by atoms with Gasteiger partial charge in [-0.25, -0.2) is 0 Å². The Morgan fingerprint density at radius 1 is 1.05 bits per heavy atom. The molecule has 1 aromatic carbocycles. The SMILES string of the molecule is COc1ccc2c(c1)C1(CCC2)C(=O)CCCC1=O. The number of fused-ring (bicyclic) bond motifs is 2. The number of methoxy groups -OCH3 is 1. The smallest absolute Gasteiger partial charge is 0.150 e. The van der Waals surface area contributed by atoms with Crippen molar-refractivity contribution in [1.29, 1.82) is 0 Å². The number of Topliss-reactive ketones (excluding diaryl/α,β-unsaturated/α-hetero) is 2. The quantitative estimate of drug-likeness (QED) is 0.727. The van der Waals surface area contributed by atoms with Crippen LogP contribution in [-0.4, -0.2) is 18.7 Å². The monoisotopic (exact) mass is 258 g/mol. The van der Waals surface area contributed by atoms with E-state index in [2.05, 4.69) is 0 Å². The highest BCUT2D eigenvalue weighted by Gasteiger charge is 2.50. The topological polar surface area (TPSA) is 43.4 Å². The van der Waals surface area contributed by atoms with E-state index in [4.69, 9.17) is 4.74 Å². The summed E-state index contributed by atoms with van der Waals surface area (Å²) in [6.07, 6.45) is 4.30. The van der Waals surface area contributed by atoms with Gasteiger partial charge in [0.05, 0.1) is 7.11 Å². The van der Waals surface area contributed by atoms with Gasteiger partial charge in [-0.15, -0.1) is 0 Å². The van der Waals surface area contributed by atoms with Crippen molar-refractivity contribution < 1.29 is 14.3 Å². The van der Waals surface area contributed by atoms with Crippen LogP contribution in [0.2, 0.25) is 0 Å². The van der Waals surface area contributed by atoms with Crippen molar-refractivity contribution in [3.05, 3.63) is 29.3 Å². The summed E-state index contributed by atoms with van der Waals surface area (Å²) in [6.45, 7) is 0. The van der Waals surface area contributed by atoms with Gasteiger partial charge < -0.3 is 4.74 Å². The average Bonchev–Trinajstić information content (AvgIpc) is 2.44. The molecule has 0 unspecified atom stereocenters. The van der Waals surface area contributed by atoms with Crippen LogP contribution in [0.1, 0.15) is 43.2 Å². The number of ketones is 2. The maximum absolute atomic E-state index is 12.5. The molecule has 2 aliphatic carbocycles. The van der Waals surface area contributed by atoms with Gasteiger partial charge in [-0.3, -0.25) is 9.59 Å².